The van der Waals surface area contributed by atoms with Gasteiger partial charge in [0.2, 0.25) is 5.91 Å². The number of carbonyl (C=O) groups excluding carboxylic acids is 1. The average Bonchev–Trinajstić information content (AvgIpc) is 2.98. The normalized spacial score (nSPS) is 12.3. The van der Waals surface area contributed by atoms with Gasteiger partial charge in [0, 0.05) is 19.3 Å². The predicted octanol–water partition coefficient (Wildman–Crippen LogP) is 4.11. The van der Waals surface area contributed by atoms with Crippen molar-refractivity contribution in [2.45, 2.75) is 30.8 Å². The van der Waals surface area contributed by atoms with Gasteiger partial charge in [-0.05, 0) is 38.1 Å². The topological polar surface area (TPSA) is 56.1 Å². The Bertz CT molecular complexity index is 890. The number of thioether (sulfide) groups is 1. The summed E-state index contributed by atoms with van der Waals surface area (Å²) in [6.07, 6.45) is 0. The number of ether oxygens (including phenoxy) is 1. The predicted molar refractivity (Wildman–Crippen MR) is 107 cm³/mol. The summed E-state index contributed by atoms with van der Waals surface area (Å²) in [6.45, 7) is 5.21. The van der Waals surface area contributed by atoms with Gasteiger partial charge in [-0.2, -0.15) is 0 Å². The Labute approximate surface area is 157 Å². The molecule has 0 aliphatic carbocycles. The number of anilines is 1. The van der Waals surface area contributed by atoms with Crippen molar-refractivity contribution in [3.05, 3.63) is 54.1 Å². The van der Waals surface area contributed by atoms with Gasteiger partial charge < -0.3 is 14.6 Å². The molecule has 3 rings (SSSR count). The number of imidazole rings is 1. The molecule has 0 spiro atoms. The van der Waals surface area contributed by atoms with Crippen LogP contribution in [-0.2, 0) is 16.1 Å². The summed E-state index contributed by atoms with van der Waals surface area (Å²) in [4.78, 5) is 17.2. The summed E-state index contributed by atoms with van der Waals surface area (Å²) in [5.74, 6) is -0.0378. The first-order valence-corrected chi connectivity index (χ1v) is 9.45. The smallest absolute Gasteiger partial charge is 0.237 e. The first-order chi connectivity index (χ1) is 12.6. The van der Waals surface area contributed by atoms with Gasteiger partial charge in [0.05, 0.1) is 22.9 Å². The van der Waals surface area contributed by atoms with Crippen molar-refractivity contribution in [1.82, 2.24) is 9.55 Å². The van der Waals surface area contributed by atoms with E-state index in [9.17, 15) is 4.79 Å². The molecule has 6 heteroatoms. The van der Waals surface area contributed by atoms with Gasteiger partial charge in [-0.1, -0.05) is 41.6 Å². The SMILES string of the molecule is COCCn1c(S[C@@H](C)C(=O)Nc2ccc(C)cc2)nc2ccccc21. The van der Waals surface area contributed by atoms with Crippen molar-refractivity contribution in [1.29, 1.82) is 0 Å². The number of fused-ring (bicyclic) bond motifs is 1. The van der Waals surface area contributed by atoms with Gasteiger partial charge in [0.15, 0.2) is 5.16 Å². The second kappa shape index (κ2) is 8.38. The van der Waals surface area contributed by atoms with Crippen LogP contribution in [0.5, 0.6) is 0 Å². The summed E-state index contributed by atoms with van der Waals surface area (Å²) in [5, 5.41) is 3.52. The summed E-state index contributed by atoms with van der Waals surface area (Å²) in [7, 11) is 1.68. The molecule has 1 aromatic heterocycles. The van der Waals surface area contributed by atoms with Crippen LogP contribution in [0.3, 0.4) is 0 Å². The van der Waals surface area contributed by atoms with Crippen molar-refractivity contribution in [3.8, 4) is 0 Å². The van der Waals surface area contributed by atoms with Crippen LogP contribution in [0, 0.1) is 6.92 Å². The molecule has 3 aromatic rings. The highest BCUT2D eigenvalue weighted by Crippen LogP contribution is 2.28. The Morgan fingerprint density at radius 1 is 1.23 bits per heavy atom. The molecule has 0 saturated carbocycles. The van der Waals surface area contributed by atoms with Gasteiger partial charge in [-0.15, -0.1) is 0 Å². The van der Waals surface area contributed by atoms with E-state index >= 15 is 0 Å². The van der Waals surface area contributed by atoms with E-state index in [1.54, 1.807) is 7.11 Å². The molecule has 5 nitrogen and oxygen atoms in total. The molecule has 0 unspecified atom stereocenters. The number of hydrogen-bond acceptors (Lipinski definition) is 4. The number of nitrogens with zero attached hydrogens (tertiary/aromatic N) is 2. The van der Waals surface area contributed by atoms with Gasteiger partial charge in [0.1, 0.15) is 0 Å². The second-order valence-electron chi connectivity index (χ2n) is 6.14. The molecule has 0 aliphatic rings. The van der Waals surface area contributed by atoms with Crippen LogP contribution in [-0.4, -0.2) is 34.4 Å². The van der Waals surface area contributed by atoms with Crippen LogP contribution in [0.2, 0.25) is 0 Å². The zero-order valence-corrected chi connectivity index (χ0v) is 16.0. The Balaban J connectivity index is 1.76. The fourth-order valence-electron chi connectivity index (χ4n) is 2.63. The standard InChI is InChI=1S/C20H23N3O2S/c1-14-8-10-16(11-9-14)21-19(24)15(2)26-20-22-17-6-4-5-7-18(17)23(20)12-13-25-3/h4-11,15H,12-13H2,1-3H3,(H,21,24)/t15-/m0/s1. The molecule has 2 aromatic carbocycles. The molecule has 1 heterocycles. The minimum atomic E-state index is -0.269. The van der Waals surface area contributed by atoms with Crippen LogP contribution < -0.4 is 5.32 Å². The van der Waals surface area contributed by atoms with Crippen LogP contribution >= 0.6 is 11.8 Å². The van der Waals surface area contributed by atoms with Crippen molar-refractivity contribution in [2.24, 2.45) is 0 Å². The number of rotatable bonds is 7. The largest absolute Gasteiger partial charge is 0.383 e. The molecule has 26 heavy (non-hydrogen) atoms. The molecule has 0 bridgehead atoms. The summed E-state index contributed by atoms with van der Waals surface area (Å²) >= 11 is 1.46. The van der Waals surface area contributed by atoms with Crippen LogP contribution in [0.25, 0.3) is 11.0 Å². The number of aromatic nitrogens is 2. The minimum absolute atomic E-state index is 0.0378. The molecule has 0 saturated heterocycles. The number of carbonyl (C=O) groups is 1. The number of methoxy groups -OCH3 is 1. The highest BCUT2D eigenvalue weighted by atomic mass is 32.2. The molecule has 0 fully saturated rings. The van der Waals surface area contributed by atoms with E-state index in [0.717, 1.165) is 27.4 Å². The Morgan fingerprint density at radius 3 is 2.69 bits per heavy atom. The first kappa shape index (κ1) is 18.5. The molecular formula is C20H23N3O2S. The van der Waals surface area contributed by atoms with Crippen LogP contribution in [0.1, 0.15) is 12.5 Å². The van der Waals surface area contributed by atoms with E-state index in [0.29, 0.717) is 13.2 Å². The zero-order chi connectivity index (χ0) is 18.5. The van der Waals surface area contributed by atoms with E-state index in [2.05, 4.69) is 9.88 Å². The van der Waals surface area contributed by atoms with Gasteiger partial charge in [0.25, 0.3) is 0 Å². The molecule has 136 valence electrons. The first-order valence-electron chi connectivity index (χ1n) is 8.57. The van der Waals surface area contributed by atoms with Crippen molar-refractivity contribution < 1.29 is 9.53 Å². The van der Waals surface area contributed by atoms with Crippen LogP contribution in [0.4, 0.5) is 5.69 Å². The Kier molecular flexibility index (Phi) is 5.96. The minimum Gasteiger partial charge on any atom is -0.383 e. The number of hydrogen-bond donors (Lipinski definition) is 1. The van der Waals surface area contributed by atoms with Gasteiger partial charge >= 0.3 is 0 Å². The summed E-state index contributed by atoms with van der Waals surface area (Å²) in [5.41, 5.74) is 3.95. The maximum atomic E-state index is 12.5. The van der Waals surface area contributed by atoms with Crippen molar-refractivity contribution in [3.63, 3.8) is 0 Å². The van der Waals surface area contributed by atoms with Crippen molar-refractivity contribution >= 4 is 34.4 Å². The summed E-state index contributed by atoms with van der Waals surface area (Å²) < 4.78 is 7.33. The molecule has 0 aliphatic heterocycles. The zero-order valence-electron chi connectivity index (χ0n) is 15.2. The van der Waals surface area contributed by atoms with E-state index in [1.165, 1.54) is 11.8 Å². The molecule has 1 atom stereocenters. The summed E-state index contributed by atoms with van der Waals surface area (Å²) in [6, 6.07) is 15.8. The quantitative estimate of drug-likeness (QED) is 0.637. The van der Waals surface area contributed by atoms with Crippen LogP contribution in [0.15, 0.2) is 53.7 Å². The third kappa shape index (κ3) is 4.26. The Hall–Kier alpha value is -2.31. The number of nitrogens with one attached hydrogen (secondary N) is 1. The third-order valence-corrected chi connectivity index (χ3v) is 5.20. The highest BCUT2D eigenvalue weighted by molar-refractivity contribution is 8.00. The lowest BCUT2D eigenvalue weighted by Crippen LogP contribution is -2.23. The maximum absolute atomic E-state index is 12.5. The van der Waals surface area contributed by atoms with E-state index in [1.807, 2.05) is 62.4 Å². The lowest BCUT2D eigenvalue weighted by molar-refractivity contribution is -0.115. The number of aryl methyl sites for hydroxylation is 1. The molecular weight excluding hydrogens is 346 g/mol. The molecule has 1 amide bonds. The number of para-hydroxylation sites is 2. The van der Waals surface area contributed by atoms with E-state index in [-0.39, 0.29) is 11.2 Å². The van der Waals surface area contributed by atoms with Gasteiger partial charge in [-0.3, -0.25) is 4.79 Å². The third-order valence-electron chi connectivity index (χ3n) is 4.11. The highest BCUT2D eigenvalue weighted by Gasteiger charge is 2.19. The van der Waals surface area contributed by atoms with Gasteiger partial charge in [-0.25, -0.2) is 4.98 Å². The van der Waals surface area contributed by atoms with E-state index < -0.39 is 0 Å². The number of amides is 1. The molecule has 0 radical (unpaired) electrons. The number of benzene rings is 2. The lowest BCUT2D eigenvalue weighted by atomic mass is 10.2. The average molecular weight is 369 g/mol. The fourth-order valence-corrected chi connectivity index (χ4v) is 3.58. The Morgan fingerprint density at radius 2 is 1.96 bits per heavy atom. The monoisotopic (exact) mass is 369 g/mol. The maximum Gasteiger partial charge on any atom is 0.237 e. The van der Waals surface area contributed by atoms with Crippen molar-refractivity contribution in [2.75, 3.05) is 19.0 Å². The second-order valence-corrected chi connectivity index (χ2v) is 7.45. The molecule has 1 N–H and O–H groups in total. The van der Waals surface area contributed by atoms with E-state index in [4.69, 9.17) is 9.72 Å². The lowest BCUT2D eigenvalue weighted by Gasteiger charge is -2.13. The fraction of sp³-hybridized carbons (Fsp3) is 0.300.